The van der Waals surface area contributed by atoms with Gasteiger partial charge in [-0.05, 0) is 87.1 Å². The Hall–Kier alpha value is -4.71. The molecule has 0 bridgehead atoms. The fourth-order valence-electron chi connectivity index (χ4n) is 8.90. The smallest absolute Gasteiger partial charge is 0.243 e. The Kier molecular flexibility index (Phi) is 7.66. The number of hydrogen-bond acceptors (Lipinski definition) is 11. The van der Waals surface area contributed by atoms with Gasteiger partial charge in [-0.2, -0.15) is 17.5 Å². The molecule has 0 N–H and O–H groups in total. The number of carbonyl (C=O) groups excluding carboxylic acids is 2. The number of aromatic nitrogens is 4. The first kappa shape index (κ1) is 32.0. The van der Waals surface area contributed by atoms with E-state index in [-0.39, 0.29) is 17.6 Å². The molecule has 3 aromatic heterocycles. The van der Waals surface area contributed by atoms with E-state index >= 15 is 0 Å². The van der Waals surface area contributed by atoms with Crippen LogP contribution in [-0.4, -0.2) is 34.8 Å². The van der Waals surface area contributed by atoms with Crippen LogP contribution in [0.5, 0.6) is 0 Å². The average molecular weight is 739 g/mol. The maximum Gasteiger partial charge on any atom is 0.243 e. The van der Waals surface area contributed by atoms with Crippen LogP contribution in [0.2, 0.25) is 0 Å². The first-order chi connectivity index (χ1) is 25.4. The minimum absolute atomic E-state index is 0.118. The molecule has 4 aromatic carbocycles. The summed E-state index contributed by atoms with van der Waals surface area (Å²) in [6.45, 7) is 4.21. The fraction of sp³-hybridized carbons (Fsp3) is 0.293. The maximum atomic E-state index is 13.5. The molecule has 11 heteroatoms. The Morgan fingerprint density at radius 1 is 0.673 bits per heavy atom. The van der Waals surface area contributed by atoms with Gasteiger partial charge in [0.15, 0.2) is 0 Å². The van der Waals surface area contributed by atoms with Crippen LogP contribution in [0, 0.1) is 37.5 Å². The van der Waals surface area contributed by atoms with Crippen molar-refractivity contribution in [2.24, 2.45) is 28.7 Å². The molecule has 3 heterocycles. The van der Waals surface area contributed by atoms with Crippen molar-refractivity contribution in [3.05, 3.63) is 83.9 Å². The number of benzene rings is 4. The van der Waals surface area contributed by atoms with E-state index in [1.165, 1.54) is 48.5 Å². The third-order valence-electron chi connectivity index (χ3n) is 11.6. The number of rotatable bonds is 5. The summed E-state index contributed by atoms with van der Waals surface area (Å²) >= 11 is 4.03. The van der Waals surface area contributed by atoms with E-state index in [0.29, 0.717) is 28.8 Å². The number of aliphatic imine (C=N–C) groups is 1. The molecule has 8 nitrogen and oxygen atoms in total. The highest BCUT2D eigenvalue weighted by molar-refractivity contribution is 7.19. The molecule has 4 atom stereocenters. The SMILES string of the molecule is Cc1ccc(N(c2ccc(C)cc2)c2ccc(-c3cc4c(cc(N=C5C(=O)C(=O)C6CC7CCCCC7CC56)c5nsnc54)c4nsnc34)s2)cc1. The summed E-state index contributed by atoms with van der Waals surface area (Å²) in [5.41, 5.74) is 9.53. The van der Waals surface area contributed by atoms with Crippen LogP contribution in [0.1, 0.15) is 49.7 Å². The van der Waals surface area contributed by atoms with E-state index in [1.54, 1.807) is 11.3 Å². The maximum absolute atomic E-state index is 13.5. The zero-order valence-corrected chi connectivity index (χ0v) is 31.2. The highest BCUT2D eigenvalue weighted by Gasteiger charge is 2.52. The number of aryl methyl sites for hydroxylation is 2. The summed E-state index contributed by atoms with van der Waals surface area (Å²) in [4.78, 5) is 35.2. The van der Waals surface area contributed by atoms with Crippen molar-refractivity contribution in [3.63, 3.8) is 0 Å². The molecule has 0 radical (unpaired) electrons. The summed E-state index contributed by atoms with van der Waals surface area (Å²) < 4.78 is 19.1. The third kappa shape index (κ3) is 5.15. The van der Waals surface area contributed by atoms with Crippen molar-refractivity contribution >= 4 is 107 Å². The van der Waals surface area contributed by atoms with Crippen LogP contribution in [0.4, 0.5) is 22.1 Å². The standard InChI is InChI=1S/C41H34N6O2S3/c1-21-7-11-25(12-8-21)47(26-13-9-22(2)10-14-26)34-16-15-33(50-34)31-19-28-29(35-37(31)45-51-43-35)20-32(39-36(28)44-52-46-39)42-38-27-17-23-5-3-4-6-24(23)18-30(27)40(48)41(38)49/h7-16,19-20,23-24,27,30H,3-6,17-18H2,1-2H3. The van der Waals surface area contributed by atoms with Gasteiger partial charge in [-0.15, -0.1) is 11.3 Å². The molecular formula is C41H34N6O2S3. The van der Waals surface area contributed by atoms with Gasteiger partial charge in [0.25, 0.3) is 0 Å². The van der Waals surface area contributed by atoms with Crippen molar-refractivity contribution in [1.29, 1.82) is 0 Å². The van der Waals surface area contributed by atoms with Crippen LogP contribution in [0.15, 0.2) is 77.8 Å². The first-order valence-electron chi connectivity index (χ1n) is 18.0. The van der Waals surface area contributed by atoms with Gasteiger partial charge in [-0.25, -0.2) is 4.99 Å². The number of anilines is 3. The predicted molar refractivity (Wildman–Crippen MR) is 212 cm³/mol. The quantitative estimate of drug-likeness (QED) is 0.162. The number of Topliss-reactive ketones (excluding diaryl/α,β-unsaturated/α-hetero) is 2. The molecule has 0 saturated heterocycles. The molecule has 0 aliphatic heterocycles. The molecular weight excluding hydrogens is 705 g/mol. The molecule has 7 aromatic rings. The summed E-state index contributed by atoms with van der Waals surface area (Å²) in [6.07, 6.45) is 6.49. The molecule has 3 aliphatic rings. The number of nitrogens with zero attached hydrogens (tertiary/aromatic N) is 6. The monoisotopic (exact) mass is 738 g/mol. The van der Waals surface area contributed by atoms with Crippen molar-refractivity contribution < 1.29 is 9.59 Å². The van der Waals surface area contributed by atoms with Gasteiger partial charge < -0.3 is 4.90 Å². The molecule has 3 fully saturated rings. The Bertz CT molecular complexity index is 2540. The van der Waals surface area contributed by atoms with Gasteiger partial charge in [0, 0.05) is 44.4 Å². The predicted octanol–water partition coefficient (Wildman–Crippen LogP) is 10.7. The average Bonchev–Trinajstić information content (AvgIpc) is 3.99. The third-order valence-corrected chi connectivity index (χ3v) is 13.7. The van der Waals surface area contributed by atoms with E-state index in [0.717, 1.165) is 78.7 Å². The second kappa shape index (κ2) is 12.5. The minimum Gasteiger partial charge on any atom is -0.302 e. The molecule has 0 amide bonds. The van der Waals surface area contributed by atoms with Gasteiger partial charge >= 0.3 is 0 Å². The topological polar surface area (TPSA) is 101 Å². The van der Waals surface area contributed by atoms with Crippen LogP contribution in [-0.2, 0) is 9.59 Å². The van der Waals surface area contributed by atoms with E-state index < -0.39 is 5.78 Å². The van der Waals surface area contributed by atoms with Crippen LogP contribution < -0.4 is 4.90 Å². The second-order valence-electron chi connectivity index (χ2n) is 14.7. The Balaban J connectivity index is 1.08. The highest BCUT2D eigenvalue weighted by atomic mass is 32.1. The molecule has 4 unspecified atom stereocenters. The fourth-order valence-corrected chi connectivity index (χ4v) is 11.1. The van der Waals surface area contributed by atoms with Gasteiger partial charge in [-0.3, -0.25) is 9.59 Å². The number of thiophene rings is 1. The van der Waals surface area contributed by atoms with Crippen LogP contribution in [0.25, 0.3) is 43.3 Å². The van der Waals surface area contributed by atoms with Gasteiger partial charge in [0.05, 0.1) is 34.9 Å². The summed E-state index contributed by atoms with van der Waals surface area (Å²) in [5, 5.41) is 2.87. The summed E-state index contributed by atoms with van der Waals surface area (Å²) in [7, 11) is 0. The lowest BCUT2D eigenvalue weighted by Gasteiger charge is -2.40. The van der Waals surface area contributed by atoms with E-state index in [2.05, 4.69) is 85.5 Å². The number of ketones is 2. The molecule has 10 rings (SSSR count). The van der Waals surface area contributed by atoms with E-state index in [4.69, 9.17) is 22.5 Å². The summed E-state index contributed by atoms with van der Waals surface area (Å²) in [5.74, 6) is 0.0845. The zero-order chi connectivity index (χ0) is 35.1. The largest absolute Gasteiger partial charge is 0.302 e. The van der Waals surface area contributed by atoms with Crippen molar-refractivity contribution in [2.45, 2.75) is 52.4 Å². The van der Waals surface area contributed by atoms with Gasteiger partial charge in [0.1, 0.15) is 27.1 Å². The molecule has 258 valence electrons. The van der Waals surface area contributed by atoms with Crippen molar-refractivity contribution in [2.75, 3.05) is 4.90 Å². The van der Waals surface area contributed by atoms with Gasteiger partial charge in [0.2, 0.25) is 11.6 Å². The Morgan fingerprint density at radius 3 is 1.92 bits per heavy atom. The molecule has 3 saturated carbocycles. The number of carbonyl (C=O) groups is 2. The van der Waals surface area contributed by atoms with Crippen molar-refractivity contribution in [1.82, 2.24) is 17.5 Å². The molecule has 3 aliphatic carbocycles. The lowest BCUT2D eigenvalue weighted by atomic mass is 9.64. The van der Waals surface area contributed by atoms with Gasteiger partial charge in [-0.1, -0.05) is 61.1 Å². The zero-order valence-electron chi connectivity index (χ0n) is 28.7. The minimum atomic E-state index is -0.417. The molecule has 0 spiro atoms. The van der Waals surface area contributed by atoms with Crippen LogP contribution in [0.3, 0.4) is 0 Å². The summed E-state index contributed by atoms with van der Waals surface area (Å²) in [6, 6.07) is 25.7. The molecule has 52 heavy (non-hydrogen) atoms. The first-order valence-corrected chi connectivity index (χ1v) is 20.2. The van der Waals surface area contributed by atoms with E-state index in [1.807, 2.05) is 6.07 Å². The Labute approximate surface area is 312 Å². The number of hydrogen-bond donors (Lipinski definition) is 0. The Morgan fingerprint density at radius 2 is 1.25 bits per heavy atom. The normalized spacial score (nSPS) is 22.5. The van der Waals surface area contributed by atoms with E-state index in [9.17, 15) is 9.59 Å². The number of fused-ring (bicyclic) bond motifs is 7. The van der Waals surface area contributed by atoms with Crippen LogP contribution >= 0.6 is 34.8 Å². The van der Waals surface area contributed by atoms with Crippen molar-refractivity contribution in [3.8, 4) is 10.4 Å². The lowest BCUT2D eigenvalue weighted by Crippen LogP contribution is -2.35. The lowest BCUT2D eigenvalue weighted by molar-refractivity contribution is -0.135. The second-order valence-corrected chi connectivity index (χ2v) is 16.8. The highest BCUT2D eigenvalue weighted by Crippen LogP contribution is 2.50.